The minimum absolute atomic E-state index is 0.330. The zero-order valence-electron chi connectivity index (χ0n) is 16.6. The predicted octanol–water partition coefficient (Wildman–Crippen LogP) is 0.212. The summed E-state index contributed by atoms with van der Waals surface area (Å²) in [6, 6.07) is 6.15. The summed E-state index contributed by atoms with van der Waals surface area (Å²) in [5.41, 5.74) is 1.45. The summed E-state index contributed by atoms with van der Waals surface area (Å²) in [5.74, 6) is 0.156. The fourth-order valence-corrected chi connectivity index (χ4v) is 3.02. The molecule has 0 aliphatic carbocycles. The molecule has 0 bridgehead atoms. The molecule has 1 aliphatic heterocycles. The summed E-state index contributed by atoms with van der Waals surface area (Å²) >= 11 is 0. The van der Waals surface area contributed by atoms with Gasteiger partial charge in [-0.05, 0) is 30.5 Å². The standard InChI is InChI=1S/C20H27N7O3/c28-18(27-16(19(29)30)2-1-7-24-20-25-10-11-26-20)15-5-3-14(4-6-15)12-21-13-17-22-8-9-23-17/h3-6,8-9,16,21H,1-2,7,10-13H2,(H,22,23)(H,27,28)(H,29,30)(H2,24,25,26)/t16-/m0/s1. The van der Waals surface area contributed by atoms with Crippen LogP contribution in [0.3, 0.4) is 0 Å². The van der Waals surface area contributed by atoms with Crippen LogP contribution in [0, 0.1) is 0 Å². The Kier molecular flexibility index (Phi) is 7.78. The Morgan fingerprint density at radius 2 is 2.03 bits per heavy atom. The minimum atomic E-state index is -1.04. The third kappa shape index (κ3) is 6.59. The topological polar surface area (TPSA) is 144 Å². The largest absolute Gasteiger partial charge is 0.480 e. The molecular formula is C20H27N7O3. The molecule has 10 heteroatoms. The van der Waals surface area contributed by atoms with Crippen LogP contribution in [-0.2, 0) is 17.9 Å². The molecule has 2 heterocycles. The number of carbonyl (C=O) groups is 2. The van der Waals surface area contributed by atoms with E-state index in [2.05, 4.69) is 36.2 Å². The third-order valence-corrected chi connectivity index (χ3v) is 4.63. The lowest BCUT2D eigenvalue weighted by atomic mass is 10.1. The van der Waals surface area contributed by atoms with Crippen molar-refractivity contribution in [1.82, 2.24) is 31.2 Å². The molecule has 2 aromatic rings. The van der Waals surface area contributed by atoms with Crippen LogP contribution in [0.15, 0.2) is 41.7 Å². The number of carboxylic acids is 1. The van der Waals surface area contributed by atoms with Gasteiger partial charge in [0.05, 0.1) is 13.1 Å². The van der Waals surface area contributed by atoms with Crippen LogP contribution >= 0.6 is 0 Å². The molecule has 1 aliphatic rings. The Morgan fingerprint density at radius 3 is 2.70 bits per heavy atom. The SMILES string of the molecule is O=C(N[C@@H](CCCNC1=NCCN1)C(=O)O)c1ccc(CNCc2ncc[nH]2)cc1. The molecule has 1 aromatic carbocycles. The van der Waals surface area contributed by atoms with Gasteiger partial charge in [-0.2, -0.15) is 0 Å². The Morgan fingerprint density at radius 1 is 1.20 bits per heavy atom. The summed E-state index contributed by atoms with van der Waals surface area (Å²) in [7, 11) is 0. The number of rotatable bonds is 11. The molecule has 0 fully saturated rings. The minimum Gasteiger partial charge on any atom is -0.480 e. The highest BCUT2D eigenvalue weighted by atomic mass is 16.4. The number of carboxylic acid groups (broad SMARTS) is 1. The Hall–Kier alpha value is -3.40. The van der Waals surface area contributed by atoms with Crippen LogP contribution in [0.4, 0.5) is 0 Å². The van der Waals surface area contributed by atoms with Gasteiger partial charge in [0.1, 0.15) is 11.9 Å². The van der Waals surface area contributed by atoms with E-state index in [1.807, 2.05) is 12.1 Å². The highest BCUT2D eigenvalue weighted by Crippen LogP contribution is 2.07. The lowest BCUT2D eigenvalue weighted by molar-refractivity contribution is -0.139. The second-order valence-electron chi connectivity index (χ2n) is 6.93. The normalized spacial score (nSPS) is 13.9. The van der Waals surface area contributed by atoms with E-state index < -0.39 is 17.9 Å². The van der Waals surface area contributed by atoms with Gasteiger partial charge < -0.3 is 31.4 Å². The number of benzene rings is 1. The van der Waals surface area contributed by atoms with Gasteiger partial charge in [0.2, 0.25) is 0 Å². The molecule has 1 amide bonds. The van der Waals surface area contributed by atoms with E-state index >= 15 is 0 Å². The van der Waals surface area contributed by atoms with Crippen LogP contribution in [0.25, 0.3) is 0 Å². The van der Waals surface area contributed by atoms with Crippen LogP contribution in [0.1, 0.15) is 34.6 Å². The van der Waals surface area contributed by atoms with E-state index in [0.717, 1.165) is 30.4 Å². The number of guanidine groups is 1. The third-order valence-electron chi connectivity index (χ3n) is 4.63. The molecule has 10 nitrogen and oxygen atoms in total. The van der Waals surface area contributed by atoms with Gasteiger partial charge in [0.25, 0.3) is 5.91 Å². The number of aromatic amines is 1. The average molecular weight is 413 g/mol. The van der Waals surface area contributed by atoms with Crippen molar-refractivity contribution in [2.75, 3.05) is 19.6 Å². The summed E-state index contributed by atoms with van der Waals surface area (Å²) in [5, 5.41) is 21.5. The number of nitrogens with zero attached hydrogens (tertiary/aromatic N) is 2. The lowest BCUT2D eigenvalue weighted by Crippen LogP contribution is -2.41. The molecule has 1 atom stereocenters. The molecule has 0 saturated carbocycles. The molecule has 1 aromatic heterocycles. The van der Waals surface area contributed by atoms with E-state index in [-0.39, 0.29) is 0 Å². The number of hydrogen-bond donors (Lipinski definition) is 6. The fourth-order valence-electron chi connectivity index (χ4n) is 3.02. The first-order valence-electron chi connectivity index (χ1n) is 9.95. The van der Waals surface area contributed by atoms with E-state index in [0.29, 0.717) is 38.0 Å². The number of aliphatic imine (C=N–C) groups is 1. The number of imidazole rings is 1. The van der Waals surface area contributed by atoms with Crippen LogP contribution in [0.2, 0.25) is 0 Å². The Balaban J connectivity index is 1.42. The van der Waals surface area contributed by atoms with Gasteiger partial charge in [0, 0.05) is 37.6 Å². The molecule has 0 unspecified atom stereocenters. The zero-order valence-corrected chi connectivity index (χ0v) is 16.6. The van der Waals surface area contributed by atoms with Crippen molar-refractivity contribution in [3.05, 3.63) is 53.6 Å². The summed E-state index contributed by atoms with van der Waals surface area (Å²) in [6.07, 6.45) is 4.40. The maximum absolute atomic E-state index is 12.4. The fraction of sp³-hybridized carbons (Fsp3) is 0.400. The molecule has 6 N–H and O–H groups in total. The monoisotopic (exact) mass is 413 g/mol. The van der Waals surface area contributed by atoms with E-state index in [1.165, 1.54) is 0 Å². The summed E-state index contributed by atoms with van der Waals surface area (Å²) in [6.45, 7) is 3.40. The Labute approximate surface area is 174 Å². The molecule has 3 rings (SSSR count). The van der Waals surface area contributed by atoms with Gasteiger partial charge >= 0.3 is 5.97 Å². The average Bonchev–Trinajstić information content (AvgIpc) is 3.45. The number of aromatic nitrogens is 2. The predicted molar refractivity (Wildman–Crippen MR) is 112 cm³/mol. The first-order valence-corrected chi connectivity index (χ1v) is 9.95. The molecule has 30 heavy (non-hydrogen) atoms. The second-order valence-corrected chi connectivity index (χ2v) is 6.93. The summed E-state index contributed by atoms with van der Waals surface area (Å²) < 4.78 is 0. The molecular weight excluding hydrogens is 386 g/mol. The maximum Gasteiger partial charge on any atom is 0.326 e. The van der Waals surface area contributed by atoms with Crippen LogP contribution in [-0.4, -0.2) is 58.6 Å². The summed E-state index contributed by atoms with van der Waals surface area (Å²) in [4.78, 5) is 35.3. The number of aliphatic carboxylic acids is 1. The first kappa shape index (κ1) is 21.3. The van der Waals surface area contributed by atoms with Gasteiger partial charge in [-0.3, -0.25) is 9.79 Å². The van der Waals surface area contributed by atoms with Crippen LogP contribution in [0.5, 0.6) is 0 Å². The highest BCUT2D eigenvalue weighted by Gasteiger charge is 2.20. The lowest BCUT2D eigenvalue weighted by Gasteiger charge is -2.15. The van der Waals surface area contributed by atoms with Crippen molar-refractivity contribution >= 4 is 17.8 Å². The number of nitrogens with one attached hydrogen (secondary N) is 5. The number of hydrogen-bond acceptors (Lipinski definition) is 7. The van der Waals surface area contributed by atoms with Crippen molar-refractivity contribution in [3.63, 3.8) is 0 Å². The van der Waals surface area contributed by atoms with Crippen LogP contribution < -0.4 is 21.3 Å². The zero-order chi connectivity index (χ0) is 21.2. The van der Waals surface area contributed by atoms with Crippen molar-refractivity contribution in [3.8, 4) is 0 Å². The molecule has 0 spiro atoms. The van der Waals surface area contributed by atoms with Crippen molar-refractivity contribution < 1.29 is 14.7 Å². The van der Waals surface area contributed by atoms with Crippen molar-refractivity contribution in [2.45, 2.75) is 32.0 Å². The number of H-pyrrole nitrogens is 1. The quantitative estimate of drug-likeness (QED) is 0.289. The highest BCUT2D eigenvalue weighted by molar-refractivity contribution is 5.96. The number of carbonyl (C=O) groups excluding carboxylic acids is 1. The van der Waals surface area contributed by atoms with Gasteiger partial charge in [-0.1, -0.05) is 12.1 Å². The van der Waals surface area contributed by atoms with Gasteiger partial charge in [0.15, 0.2) is 5.96 Å². The first-order chi connectivity index (χ1) is 14.6. The van der Waals surface area contributed by atoms with E-state index in [1.54, 1.807) is 24.5 Å². The van der Waals surface area contributed by atoms with E-state index in [4.69, 9.17) is 0 Å². The van der Waals surface area contributed by atoms with E-state index in [9.17, 15) is 14.7 Å². The van der Waals surface area contributed by atoms with Gasteiger partial charge in [-0.25, -0.2) is 9.78 Å². The number of amides is 1. The van der Waals surface area contributed by atoms with Crippen molar-refractivity contribution in [1.29, 1.82) is 0 Å². The maximum atomic E-state index is 12.4. The molecule has 160 valence electrons. The van der Waals surface area contributed by atoms with Crippen molar-refractivity contribution in [2.24, 2.45) is 4.99 Å². The Bertz CT molecular complexity index is 850. The molecule has 0 saturated heterocycles. The molecule has 0 radical (unpaired) electrons. The smallest absolute Gasteiger partial charge is 0.326 e. The second kappa shape index (κ2) is 11.0. The van der Waals surface area contributed by atoms with Gasteiger partial charge in [-0.15, -0.1) is 0 Å².